The fourth-order valence-corrected chi connectivity index (χ4v) is 2.74. The molecule has 0 saturated heterocycles. The summed E-state index contributed by atoms with van der Waals surface area (Å²) >= 11 is 0. The third kappa shape index (κ3) is 2.01. The lowest BCUT2D eigenvalue weighted by Gasteiger charge is -2.23. The minimum absolute atomic E-state index is 0.0296. The number of hydrogen-bond acceptors (Lipinski definition) is 3. The SMILES string of the molecule is O=C(c1ccccc1)C1CCc2cccc(O)c2C1=O. The minimum Gasteiger partial charge on any atom is -0.507 e. The molecule has 1 aliphatic carbocycles. The molecule has 0 radical (unpaired) electrons. The molecule has 1 N–H and O–H groups in total. The van der Waals surface area contributed by atoms with Gasteiger partial charge in [0.2, 0.25) is 0 Å². The number of benzene rings is 2. The number of carbonyl (C=O) groups excluding carboxylic acids is 2. The summed E-state index contributed by atoms with van der Waals surface area (Å²) < 4.78 is 0. The maximum atomic E-state index is 12.5. The Morgan fingerprint density at radius 3 is 2.55 bits per heavy atom. The van der Waals surface area contributed by atoms with Gasteiger partial charge in [-0.1, -0.05) is 42.5 Å². The lowest BCUT2D eigenvalue weighted by molar-refractivity contribution is 0.0789. The van der Waals surface area contributed by atoms with E-state index in [2.05, 4.69) is 0 Å². The van der Waals surface area contributed by atoms with Crippen molar-refractivity contribution in [2.24, 2.45) is 5.92 Å². The third-order valence-corrected chi connectivity index (χ3v) is 3.77. The van der Waals surface area contributed by atoms with E-state index in [4.69, 9.17) is 0 Å². The van der Waals surface area contributed by atoms with Gasteiger partial charge in [-0.25, -0.2) is 0 Å². The van der Waals surface area contributed by atoms with Gasteiger partial charge in [0, 0.05) is 5.56 Å². The largest absolute Gasteiger partial charge is 0.507 e. The second kappa shape index (κ2) is 4.93. The van der Waals surface area contributed by atoms with Gasteiger partial charge in [-0.05, 0) is 24.5 Å². The van der Waals surface area contributed by atoms with Crippen LogP contribution in [0.3, 0.4) is 0 Å². The summed E-state index contributed by atoms with van der Waals surface area (Å²) in [7, 11) is 0. The van der Waals surface area contributed by atoms with Gasteiger partial charge in [0.05, 0.1) is 11.5 Å². The lowest BCUT2D eigenvalue weighted by Crippen LogP contribution is -2.29. The normalized spacial score (nSPS) is 17.6. The van der Waals surface area contributed by atoms with Gasteiger partial charge in [-0.3, -0.25) is 9.59 Å². The monoisotopic (exact) mass is 266 g/mol. The molecule has 100 valence electrons. The van der Waals surface area contributed by atoms with Crippen molar-refractivity contribution in [2.45, 2.75) is 12.8 Å². The molecule has 3 rings (SSSR count). The number of aryl methyl sites for hydroxylation is 1. The van der Waals surface area contributed by atoms with Crippen LogP contribution in [0.1, 0.15) is 32.7 Å². The third-order valence-electron chi connectivity index (χ3n) is 3.77. The molecule has 0 aliphatic heterocycles. The summed E-state index contributed by atoms with van der Waals surface area (Å²) in [5.74, 6) is -1.14. The van der Waals surface area contributed by atoms with E-state index in [1.165, 1.54) is 6.07 Å². The molecular weight excluding hydrogens is 252 g/mol. The van der Waals surface area contributed by atoms with E-state index in [0.29, 0.717) is 24.0 Å². The van der Waals surface area contributed by atoms with Crippen molar-refractivity contribution < 1.29 is 14.7 Å². The average Bonchev–Trinajstić information content (AvgIpc) is 2.48. The van der Waals surface area contributed by atoms with Crippen molar-refractivity contribution in [2.75, 3.05) is 0 Å². The van der Waals surface area contributed by atoms with Crippen molar-refractivity contribution >= 4 is 11.6 Å². The molecule has 1 unspecified atom stereocenters. The molecule has 0 saturated carbocycles. The van der Waals surface area contributed by atoms with Crippen LogP contribution < -0.4 is 0 Å². The van der Waals surface area contributed by atoms with Crippen LogP contribution in [0.5, 0.6) is 5.75 Å². The molecule has 1 aliphatic rings. The molecule has 1 atom stereocenters. The molecule has 2 aromatic rings. The first kappa shape index (κ1) is 12.6. The second-order valence-electron chi connectivity index (χ2n) is 5.00. The van der Waals surface area contributed by atoms with Crippen LogP contribution in [0, 0.1) is 5.92 Å². The van der Waals surface area contributed by atoms with E-state index in [1.54, 1.807) is 30.3 Å². The lowest BCUT2D eigenvalue weighted by atomic mass is 9.78. The molecular formula is C17H14O3. The summed E-state index contributed by atoms with van der Waals surface area (Å²) in [4.78, 5) is 24.9. The zero-order valence-corrected chi connectivity index (χ0v) is 10.9. The number of rotatable bonds is 2. The van der Waals surface area contributed by atoms with Gasteiger partial charge < -0.3 is 5.11 Å². The number of phenols is 1. The fourth-order valence-electron chi connectivity index (χ4n) is 2.74. The Bertz CT molecular complexity index is 674. The fraction of sp³-hybridized carbons (Fsp3) is 0.176. The molecule has 2 aromatic carbocycles. The summed E-state index contributed by atoms with van der Waals surface area (Å²) in [5.41, 5.74) is 1.69. The van der Waals surface area contributed by atoms with Gasteiger partial charge in [-0.2, -0.15) is 0 Å². The zero-order valence-electron chi connectivity index (χ0n) is 10.9. The highest BCUT2D eigenvalue weighted by atomic mass is 16.3. The number of fused-ring (bicyclic) bond motifs is 1. The first-order valence-electron chi connectivity index (χ1n) is 6.63. The maximum Gasteiger partial charge on any atom is 0.177 e. The quantitative estimate of drug-likeness (QED) is 0.671. The molecule has 0 spiro atoms. The van der Waals surface area contributed by atoms with Gasteiger partial charge in [0.25, 0.3) is 0 Å². The van der Waals surface area contributed by atoms with Crippen LogP contribution in [0.25, 0.3) is 0 Å². The molecule has 20 heavy (non-hydrogen) atoms. The smallest absolute Gasteiger partial charge is 0.177 e. The number of aromatic hydroxyl groups is 1. The van der Waals surface area contributed by atoms with Crippen molar-refractivity contribution in [1.29, 1.82) is 0 Å². The number of carbonyl (C=O) groups is 2. The highest BCUT2D eigenvalue weighted by Crippen LogP contribution is 2.33. The highest BCUT2D eigenvalue weighted by Gasteiger charge is 2.34. The molecule has 0 bridgehead atoms. The Morgan fingerprint density at radius 1 is 1.05 bits per heavy atom. The summed E-state index contributed by atoms with van der Waals surface area (Å²) in [6, 6.07) is 13.9. The van der Waals surface area contributed by atoms with Crippen molar-refractivity contribution in [1.82, 2.24) is 0 Å². The Balaban J connectivity index is 1.97. The molecule has 3 nitrogen and oxygen atoms in total. The predicted octanol–water partition coefficient (Wildman–Crippen LogP) is 3.02. The molecule has 0 heterocycles. The Labute approximate surface area is 116 Å². The van der Waals surface area contributed by atoms with E-state index in [1.807, 2.05) is 12.1 Å². The first-order valence-corrected chi connectivity index (χ1v) is 6.63. The van der Waals surface area contributed by atoms with Crippen molar-refractivity contribution in [3.05, 3.63) is 65.2 Å². The molecule has 0 fully saturated rings. The van der Waals surface area contributed by atoms with Crippen LogP contribution in [-0.4, -0.2) is 16.7 Å². The topological polar surface area (TPSA) is 54.4 Å². The molecule has 0 aromatic heterocycles. The van der Waals surface area contributed by atoms with Crippen LogP contribution in [0.2, 0.25) is 0 Å². The van der Waals surface area contributed by atoms with Crippen molar-refractivity contribution in [3.8, 4) is 5.75 Å². The van der Waals surface area contributed by atoms with E-state index < -0.39 is 5.92 Å². The highest BCUT2D eigenvalue weighted by molar-refractivity contribution is 6.18. The maximum absolute atomic E-state index is 12.5. The number of phenolic OH excluding ortho intramolecular Hbond substituents is 1. The predicted molar refractivity (Wildman–Crippen MR) is 75.0 cm³/mol. The zero-order chi connectivity index (χ0) is 14.1. The summed E-state index contributed by atoms with van der Waals surface area (Å²) in [5, 5.41) is 9.86. The Kier molecular flexibility index (Phi) is 3.11. The van der Waals surface area contributed by atoms with Gasteiger partial charge in [0.15, 0.2) is 11.6 Å². The average molecular weight is 266 g/mol. The van der Waals surface area contributed by atoms with Crippen LogP contribution in [0.15, 0.2) is 48.5 Å². The summed E-state index contributed by atoms with van der Waals surface area (Å²) in [6.45, 7) is 0. The van der Waals surface area contributed by atoms with Gasteiger partial charge in [-0.15, -0.1) is 0 Å². The number of hydrogen-bond donors (Lipinski definition) is 1. The minimum atomic E-state index is -0.682. The van der Waals surface area contributed by atoms with Crippen LogP contribution >= 0.6 is 0 Å². The van der Waals surface area contributed by atoms with E-state index >= 15 is 0 Å². The number of ketones is 2. The standard InChI is InChI=1S/C17H14O3/c18-14-8-4-7-11-9-10-13(17(20)15(11)14)16(19)12-5-2-1-3-6-12/h1-8,13,18H,9-10H2. The number of Topliss-reactive ketones (excluding diaryl/α,β-unsaturated/α-hetero) is 2. The Morgan fingerprint density at radius 2 is 1.80 bits per heavy atom. The van der Waals surface area contributed by atoms with E-state index in [0.717, 1.165) is 5.56 Å². The van der Waals surface area contributed by atoms with Gasteiger partial charge >= 0.3 is 0 Å². The molecule has 0 amide bonds. The van der Waals surface area contributed by atoms with E-state index in [9.17, 15) is 14.7 Å². The molecule has 3 heteroatoms. The van der Waals surface area contributed by atoms with Gasteiger partial charge in [0.1, 0.15) is 5.75 Å². The first-order chi connectivity index (χ1) is 9.68. The van der Waals surface area contributed by atoms with Crippen molar-refractivity contribution in [3.63, 3.8) is 0 Å². The second-order valence-corrected chi connectivity index (χ2v) is 5.00. The summed E-state index contributed by atoms with van der Waals surface area (Å²) in [6.07, 6.45) is 1.14. The Hall–Kier alpha value is -2.42. The van der Waals surface area contributed by atoms with E-state index in [-0.39, 0.29) is 17.3 Å². The van der Waals surface area contributed by atoms with Crippen LogP contribution in [0.4, 0.5) is 0 Å². The van der Waals surface area contributed by atoms with Crippen LogP contribution in [-0.2, 0) is 6.42 Å².